The molecule has 7 nitrogen and oxygen atoms in total. The molecule has 3 rings (SSSR count). The van der Waals surface area contributed by atoms with E-state index in [4.69, 9.17) is 9.47 Å². The fraction of sp³-hybridized carbons (Fsp3) is 0.529. The normalized spacial score (nSPS) is 24.0. The average molecular weight is 332 g/mol. The lowest BCUT2D eigenvalue weighted by Crippen LogP contribution is -2.23. The number of aliphatic imine (C=N–C) groups is 1. The lowest BCUT2D eigenvalue weighted by Gasteiger charge is -2.18. The van der Waals surface area contributed by atoms with Crippen molar-refractivity contribution in [2.45, 2.75) is 44.9 Å². The van der Waals surface area contributed by atoms with Gasteiger partial charge >= 0.3 is 5.97 Å². The topological polar surface area (TPSA) is 91.0 Å². The number of nitro groups is 1. The molecule has 0 saturated heterocycles. The highest BCUT2D eigenvalue weighted by Gasteiger charge is 2.39. The number of non-ortho nitro benzene ring substituents is 1. The highest BCUT2D eigenvalue weighted by Crippen LogP contribution is 2.37. The number of esters is 1. The number of carbonyl (C=O) groups is 1. The van der Waals surface area contributed by atoms with Gasteiger partial charge in [0.25, 0.3) is 5.69 Å². The van der Waals surface area contributed by atoms with Gasteiger partial charge in [0.05, 0.1) is 11.5 Å². The third-order valence-corrected chi connectivity index (χ3v) is 4.48. The number of hydrogen-bond donors (Lipinski definition) is 0. The summed E-state index contributed by atoms with van der Waals surface area (Å²) < 4.78 is 11.1. The Labute approximate surface area is 139 Å². The molecule has 2 atom stereocenters. The highest BCUT2D eigenvalue weighted by atomic mass is 16.6. The summed E-state index contributed by atoms with van der Waals surface area (Å²) in [7, 11) is 0. The van der Waals surface area contributed by atoms with Gasteiger partial charge in [0.2, 0.25) is 0 Å². The molecule has 0 N–H and O–H groups in total. The molecule has 1 aromatic rings. The molecule has 0 spiro atoms. The number of nitro benzene ring substituents is 1. The van der Waals surface area contributed by atoms with Crippen molar-refractivity contribution in [2.24, 2.45) is 10.9 Å². The summed E-state index contributed by atoms with van der Waals surface area (Å²) in [5.74, 6) is -0.168. The van der Waals surface area contributed by atoms with Crippen LogP contribution in [-0.2, 0) is 14.3 Å². The Hall–Kier alpha value is -2.28. The van der Waals surface area contributed by atoms with Gasteiger partial charge in [0.1, 0.15) is 6.10 Å². The predicted molar refractivity (Wildman–Crippen MR) is 86.7 cm³/mol. The third kappa shape index (κ3) is 3.31. The first kappa shape index (κ1) is 16.6. The van der Waals surface area contributed by atoms with Crippen molar-refractivity contribution in [3.05, 3.63) is 39.9 Å². The molecule has 2 aliphatic rings. The van der Waals surface area contributed by atoms with Crippen LogP contribution in [0.3, 0.4) is 0 Å². The van der Waals surface area contributed by atoms with E-state index < -0.39 is 17.0 Å². The van der Waals surface area contributed by atoms with Gasteiger partial charge in [-0.15, -0.1) is 0 Å². The molecule has 7 heteroatoms. The van der Waals surface area contributed by atoms with Gasteiger partial charge in [0.15, 0.2) is 11.9 Å². The van der Waals surface area contributed by atoms with E-state index in [2.05, 4.69) is 4.99 Å². The molecule has 24 heavy (non-hydrogen) atoms. The van der Waals surface area contributed by atoms with Crippen LogP contribution in [-0.4, -0.2) is 29.4 Å². The number of hydrogen-bond acceptors (Lipinski definition) is 6. The second-order valence-corrected chi connectivity index (χ2v) is 6.03. The van der Waals surface area contributed by atoms with Crippen LogP contribution in [0.1, 0.15) is 44.3 Å². The maximum Gasteiger partial charge on any atom is 0.355 e. The lowest BCUT2D eigenvalue weighted by atomic mass is 10.0. The lowest BCUT2D eigenvalue weighted by molar-refractivity contribution is -0.384. The zero-order valence-electron chi connectivity index (χ0n) is 13.5. The number of rotatable bonds is 5. The Bertz CT molecular complexity index is 649. The van der Waals surface area contributed by atoms with E-state index >= 15 is 0 Å². The Morgan fingerprint density at radius 1 is 1.33 bits per heavy atom. The van der Waals surface area contributed by atoms with Crippen LogP contribution in [0.5, 0.6) is 0 Å². The SMILES string of the molecule is CCOC(=O)C1=N[C@@H](C2CCCC2)O[C@@H]1c1ccc([N+](=O)[O-])cc1. The number of carbonyl (C=O) groups excluding carboxylic acids is 1. The van der Waals surface area contributed by atoms with Crippen molar-refractivity contribution < 1.29 is 19.2 Å². The van der Waals surface area contributed by atoms with Gasteiger partial charge < -0.3 is 9.47 Å². The molecule has 0 unspecified atom stereocenters. The van der Waals surface area contributed by atoms with Crippen LogP contribution in [0, 0.1) is 16.0 Å². The smallest absolute Gasteiger partial charge is 0.355 e. The Kier molecular flexibility index (Phi) is 4.89. The Balaban J connectivity index is 1.85. The molecule has 0 amide bonds. The van der Waals surface area contributed by atoms with Gasteiger partial charge in [-0.3, -0.25) is 10.1 Å². The standard InChI is InChI=1S/C17H20N2O5/c1-2-23-17(20)14-15(11-7-9-13(10-8-11)19(21)22)24-16(18-14)12-5-3-4-6-12/h7-10,12,15-16H,2-6H2,1H3/t15-,16-/m1/s1. The molecule has 0 bridgehead atoms. The fourth-order valence-electron chi connectivity index (χ4n) is 3.27. The maximum atomic E-state index is 12.2. The second kappa shape index (κ2) is 7.09. The Morgan fingerprint density at radius 2 is 2.00 bits per heavy atom. The van der Waals surface area contributed by atoms with Gasteiger partial charge in [-0.2, -0.15) is 0 Å². The minimum atomic E-state index is -0.629. The minimum Gasteiger partial charge on any atom is -0.461 e. The highest BCUT2D eigenvalue weighted by molar-refractivity contribution is 6.38. The minimum absolute atomic E-state index is 0.00119. The molecule has 1 saturated carbocycles. The van der Waals surface area contributed by atoms with E-state index in [9.17, 15) is 14.9 Å². The van der Waals surface area contributed by atoms with Gasteiger partial charge in [0, 0.05) is 18.1 Å². The molecule has 1 fully saturated rings. The summed E-state index contributed by atoms with van der Waals surface area (Å²) in [6, 6.07) is 6.03. The van der Waals surface area contributed by atoms with Crippen LogP contribution in [0.15, 0.2) is 29.3 Å². The van der Waals surface area contributed by atoms with E-state index in [-0.39, 0.29) is 24.2 Å². The Morgan fingerprint density at radius 3 is 2.58 bits per heavy atom. The van der Waals surface area contributed by atoms with E-state index in [1.807, 2.05) is 0 Å². The molecule has 0 aromatic heterocycles. The molecule has 1 heterocycles. The van der Waals surface area contributed by atoms with Gasteiger partial charge in [-0.1, -0.05) is 12.8 Å². The molecular weight excluding hydrogens is 312 g/mol. The van der Waals surface area contributed by atoms with E-state index in [0.29, 0.717) is 11.5 Å². The van der Waals surface area contributed by atoms with Gasteiger partial charge in [-0.25, -0.2) is 9.79 Å². The molecular formula is C17H20N2O5. The van der Waals surface area contributed by atoms with E-state index in [1.54, 1.807) is 19.1 Å². The maximum absolute atomic E-state index is 12.2. The molecule has 128 valence electrons. The van der Waals surface area contributed by atoms with Crippen molar-refractivity contribution in [2.75, 3.05) is 6.61 Å². The van der Waals surface area contributed by atoms with Crippen molar-refractivity contribution in [1.29, 1.82) is 0 Å². The van der Waals surface area contributed by atoms with Crippen molar-refractivity contribution in [3.63, 3.8) is 0 Å². The predicted octanol–water partition coefficient (Wildman–Crippen LogP) is 3.19. The van der Waals surface area contributed by atoms with Crippen molar-refractivity contribution in [1.82, 2.24) is 0 Å². The summed E-state index contributed by atoms with van der Waals surface area (Å²) in [4.78, 5) is 27.0. The summed E-state index contributed by atoms with van der Waals surface area (Å²) in [6.07, 6.45) is 3.41. The van der Waals surface area contributed by atoms with Gasteiger partial charge in [-0.05, 0) is 37.5 Å². The van der Waals surface area contributed by atoms with Crippen LogP contribution < -0.4 is 0 Å². The van der Waals surface area contributed by atoms with Crippen molar-refractivity contribution >= 4 is 17.4 Å². The molecule has 1 aromatic carbocycles. The van der Waals surface area contributed by atoms with E-state index in [0.717, 1.165) is 25.7 Å². The number of nitrogens with zero attached hydrogens (tertiary/aromatic N) is 2. The van der Waals surface area contributed by atoms with Crippen LogP contribution in [0.2, 0.25) is 0 Å². The average Bonchev–Trinajstić information content (AvgIpc) is 3.24. The fourth-order valence-corrected chi connectivity index (χ4v) is 3.27. The van der Waals surface area contributed by atoms with Crippen LogP contribution in [0.25, 0.3) is 0 Å². The molecule has 0 radical (unpaired) electrons. The number of ether oxygens (including phenoxy) is 2. The summed E-state index contributed by atoms with van der Waals surface area (Å²) >= 11 is 0. The largest absolute Gasteiger partial charge is 0.461 e. The van der Waals surface area contributed by atoms with Crippen molar-refractivity contribution in [3.8, 4) is 0 Å². The first-order chi connectivity index (χ1) is 11.6. The first-order valence-electron chi connectivity index (χ1n) is 8.24. The summed E-state index contributed by atoms with van der Waals surface area (Å²) in [5, 5.41) is 10.8. The summed E-state index contributed by atoms with van der Waals surface area (Å²) in [5.41, 5.74) is 0.925. The second-order valence-electron chi connectivity index (χ2n) is 6.03. The van der Waals surface area contributed by atoms with Crippen LogP contribution >= 0.6 is 0 Å². The quantitative estimate of drug-likeness (QED) is 0.469. The first-order valence-corrected chi connectivity index (χ1v) is 8.24. The number of benzene rings is 1. The van der Waals surface area contributed by atoms with E-state index in [1.165, 1.54) is 12.1 Å². The monoisotopic (exact) mass is 332 g/mol. The molecule has 1 aliphatic carbocycles. The molecule has 1 aliphatic heterocycles. The summed E-state index contributed by atoms with van der Waals surface area (Å²) in [6.45, 7) is 2.00. The van der Waals surface area contributed by atoms with Crippen LogP contribution in [0.4, 0.5) is 5.69 Å². The third-order valence-electron chi connectivity index (χ3n) is 4.48. The zero-order chi connectivity index (χ0) is 17.1. The zero-order valence-corrected chi connectivity index (χ0v) is 13.5.